The van der Waals surface area contributed by atoms with E-state index in [9.17, 15) is 4.39 Å². The van der Waals surface area contributed by atoms with Crippen molar-refractivity contribution in [1.82, 2.24) is 4.90 Å². The predicted octanol–water partition coefficient (Wildman–Crippen LogP) is 3.69. The van der Waals surface area contributed by atoms with Gasteiger partial charge in [-0.1, -0.05) is 40.5 Å². The van der Waals surface area contributed by atoms with Gasteiger partial charge < -0.3 is 4.90 Å². The Balaban J connectivity index is 2.60. The van der Waals surface area contributed by atoms with Gasteiger partial charge in [0.1, 0.15) is 5.82 Å². The second-order valence-electron chi connectivity index (χ2n) is 3.73. The molecule has 0 N–H and O–H groups in total. The summed E-state index contributed by atoms with van der Waals surface area (Å²) in [4.78, 5) is 2.56. The molecule has 1 atom stereocenters. The van der Waals surface area contributed by atoms with Gasteiger partial charge in [-0.15, -0.1) is 0 Å². The van der Waals surface area contributed by atoms with Crippen LogP contribution in [0.2, 0.25) is 5.02 Å². The summed E-state index contributed by atoms with van der Waals surface area (Å²) >= 11 is 9.08. The first kappa shape index (κ1) is 12.9. The van der Waals surface area contributed by atoms with Crippen molar-refractivity contribution in [1.29, 1.82) is 0 Å². The van der Waals surface area contributed by atoms with E-state index in [-0.39, 0.29) is 10.8 Å². The van der Waals surface area contributed by atoms with E-state index in [1.54, 1.807) is 6.07 Å². The summed E-state index contributed by atoms with van der Waals surface area (Å²) in [6.45, 7) is 3.73. The minimum absolute atomic E-state index is 0.176. The normalized spacial score (nSPS) is 13.2. The van der Waals surface area contributed by atoms with Gasteiger partial charge in [0.05, 0.1) is 5.02 Å². The molecule has 1 rings (SSSR count). The topological polar surface area (TPSA) is 3.24 Å². The van der Waals surface area contributed by atoms with E-state index >= 15 is 0 Å². The molecule has 1 aromatic rings. The van der Waals surface area contributed by atoms with Crippen molar-refractivity contribution >= 4 is 27.5 Å². The van der Waals surface area contributed by atoms with E-state index in [0.29, 0.717) is 4.83 Å². The van der Waals surface area contributed by atoms with Gasteiger partial charge in [0.15, 0.2) is 0 Å². The monoisotopic (exact) mass is 293 g/mol. The largest absolute Gasteiger partial charge is 0.301 e. The Kier molecular flexibility index (Phi) is 5.03. The maximum atomic E-state index is 13.1. The molecule has 0 spiro atoms. The third kappa shape index (κ3) is 4.49. The van der Waals surface area contributed by atoms with Gasteiger partial charge in [-0.05, 0) is 24.7 Å². The minimum Gasteiger partial charge on any atom is -0.301 e. The average Bonchev–Trinajstić information content (AvgIpc) is 2.10. The van der Waals surface area contributed by atoms with Crippen molar-refractivity contribution in [2.24, 2.45) is 0 Å². The first-order valence-corrected chi connectivity index (χ1v) is 6.05. The quantitative estimate of drug-likeness (QED) is 0.766. The number of hydrogen-bond acceptors (Lipinski definition) is 1. The summed E-state index contributed by atoms with van der Waals surface area (Å²) < 4.78 is 13.1. The summed E-state index contributed by atoms with van der Waals surface area (Å²) in [6, 6.07) is 4.93. The zero-order chi connectivity index (χ0) is 11.4. The Morgan fingerprint density at radius 3 is 2.73 bits per heavy atom. The molecule has 0 radical (unpaired) electrons. The maximum absolute atomic E-state index is 13.1. The third-order valence-electron chi connectivity index (χ3n) is 2.00. The lowest BCUT2D eigenvalue weighted by Crippen LogP contribution is -2.23. The van der Waals surface area contributed by atoms with Crippen molar-refractivity contribution < 1.29 is 4.39 Å². The van der Waals surface area contributed by atoms with Gasteiger partial charge >= 0.3 is 0 Å². The van der Waals surface area contributed by atoms with Crippen LogP contribution in [0.5, 0.6) is 0 Å². The van der Waals surface area contributed by atoms with Crippen molar-refractivity contribution in [3.8, 4) is 0 Å². The number of benzene rings is 1. The summed E-state index contributed by atoms with van der Waals surface area (Å²) in [5, 5.41) is 0.176. The van der Waals surface area contributed by atoms with E-state index in [4.69, 9.17) is 11.6 Å². The Morgan fingerprint density at radius 2 is 2.20 bits per heavy atom. The van der Waals surface area contributed by atoms with Crippen LogP contribution in [-0.4, -0.2) is 23.3 Å². The smallest absolute Gasteiger partial charge is 0.142 e. The van der Waals surface area contributed by atoms with Gasteiger partial charge in [-0.3, -0.25) is 0 Å². The zero-order valence-corrected chi connectivity index (χ0v) is 11.1. The SMILES string of the molecule is CC(Br)CN(C)Cc1ccc(Cl)c(F)c1. The molecule has 0 bridgehead atoms. The van der Waals surface area contributed by atoms with Crippen LogP contribution in [0.1, 0.15) is 12.5 Å². The van der Waals surface area contributed by atoms with Crippen LogP contribution in [0.4, 0.5) is 4.39 Å². The standard InChI is InChI=1S/C11H14BrClFN/c1-8(12)6-15(2)7-9-3-4-10(13)11(14)5-9/h3-5,8H,6-7H2,1-2H3. The summed E-state index contributed by atoms with van der Waals surface area (Å²) in [5.74, 6) is -0.352. The molecular weight excluding hydrogens is 280 g/mol. The van der Waals surface area contributed by atoms with Crippen LogP contribution in [0.3, 0.4) is 0 Å². The minimum atomic E-state index is -0.352. The summed E-state index contributed by atoms with van der Waals surface area (Å²) in [7, 11) is 2.00. The highest BCUT2D eigenvalue weighted by Crippen LogP contribution is 2.16. The maximum Gasteiger partial charge on any atom is 0.142 e. The molecule has 0 aliphatic carbocycles. The lowest BCUT2D eigenvalue weighted by Gasteiger charge is -2.18. The highest BCUT2D eigenvalue weighted by atomic mass is 79.9. The molecule has 0 saturated heterocycles. The molecule has 0 saturated carbocycles. The molecule has 0 heterocycles. The van der Waals surface area contributed by atoms with E-state index in [1.807, 2.05) is 13.1 Å². The highest BCUT2D eigenvalue weighted by molar-refractivity contribution is 9.09. The van der Waals surface area contributed by atoms with E-state index in [0.717, 1.165) is 18.7 Å². The summed E-state index contributed by atoms with van der Waals surface area (Å²) in [6.07, 6.45) is 0. The number of hydrogen-bond donors (Lipinski definition) is 0. The second-order valence-corrected chi connectivity index (χ2v) is 5.70. The molecule has 1 unspecified atom stereocenters. The van der Waals surface area contributed by atoms with Crippen LogP contribution in [0, 0.1) is 5.82 Å². The van der Waals surface area contributed by atoms with Crippen molar-refractivity contribution in [3.63, 3.8) is 0 Å². The molecule has 0 aliphatic heterocycles. The molecule has 0 aromatic heterocycles. The predicted molar refractivity (Wildman–Crippen MR) is 66.1 cm³/mol. The molecule has 0 aliphatic rings. The van der Waals surface area contributed by atoms with Crippen LogP contribution < -0.4 is 0 Å². The lowest BCUT2D eigenvalue weighted by molar-refractivity contribution is 0.332. The zero-order valence-electron chi connectivity index (χ0n) is 8.80. The Bertz CT molecular complexity index is 330. The fourth-order valence-electron chi connectivity index (χ4n) is 1.44. The molecule has 0 amide bonds. The first-order chi connectivity index (χ1) is 6.99. The number of rotatable bonds is 4. The molecule has 1 aromatic carbocycles. The van der Waals surface area contributed by atoms with Crippen molar-refractivity contribution in [2.75, 3.05) is 13.6 Å². The molecule has 15 heavy (non-hydrogen) atoms. The molecule has 0 fully saturated rings. The Morgan fingerprint density at radius 1 is 1.53 bits per heavy atom. The molecular formula is C11H14BrClFN. The number of alkyl halides is 1. The van der Waals surface area contributed by atoms with E-state index in [2.05, 4.69) is 27.8 Å². The van der Waals surface area contributed by atoms with Crippen LogP contribution in [0.25, 0.3) is 0 Å². The highest BCUT2D eigenvalue weighted by Gasteiger charge is 2.06. The number of halogens is 3. The molecule has 4 heteroatoms. The number of nitrogens with zero attached hydrogens (tertiary/aromatic N) is 1. The van der Waals surface area contributed by atoms with Crippen LogP contribution in [0.15, 0.2) is 18.2 Å². The van der Waals surface area contributed by atoms with Gasteiger partial charge in [0.2, 0.25) is 0 Å². The van der Waals surface area contributed by atoms with Gasteiger partial charge in [0.25, 0.3) is 0 Å². The average molecular weight is 295 g/mol. The van der Waals surface area contributed by atoms with E-state index in [1.165, 1.54) is 6.07 Å². The fraction of sp³-hybridized carbons (Fsp3) is 0.455. The second kappa shape index (κ2) is 5.83. The first-order valence-electron chi connectivity index (χ1n) is 4.75. The van der Waals surface area contributed by atoms with Gasteiger partial charge in [0, 0.05) is 17.9 Å². The summed E-state index contributed by atoms with van der Waals surface area (Å²) in [5.41, 5.74) is 0.938. The van der Waals surface area contributed by atoms with Gasteiger partial charge in [-0.25, -0.2) is 4.39 Å². The van der Waals surface area contributed by atoms with Crippen LogP contribution >= 0.6 is 27.5 Å². The fourth-order valence-corrected chi connectivity index (χ4v) is 2.06. The Hall–Kier alpha value is -0.120. The van der Waals surface area contributed by atoms with Crippen molar-refractivity contribution in [3.05, 3.63) is 34.6 Å². The lowest BCUT2D eigenvalue weighted by atomic mass is 10.2. The van der Waals surface area contributed by atoms with E-state index < -0.39 is 0 Å². The molecule has 1 nitrogen and oxygen atoms in total. The Labute approximate surface area is 103 Å². The molecule has 84 valence electrons. The third-order valence-corrected chi connectivity index (χ3v) is 2.60. The van der Waals surface area contributed by atoms with Gasteiger partial charge in [-0.2, -0.15) is 0 Å². The van der Waals surface area contributed by atoms with Crippen LogP contribution in [-0.2, 0) is 6.54 Å². The van der Waals surface area contributed by atoms with Crippen molar-refractivity contribution in [2.45, 2.75) is 18.3 Å².